The van der Waals surface area contributed by atoms with Crippen LogP contribution < -0.4 is 15.0 Å². The Kier molecular flexibility index (Phi) is 5.95. The molecule has 1 saturated carbocycles. The van der Waals surface area contributed by atoms with Gasteiger partial charge in [-0.25, -0.2) is 4.68 Å². The van der Waals surface area contributed by atoms with E-state index in [1.54, 1.807) is 6.92 Å². The summed E-state index contributed by atoms with van der Waals surface area (Å²) in [5, 5.41) is 15.0. The lowest BCUT2D eigenvalue weighted by Gasteiger charge is -2.37. The average molecular weight is 517 g/mol. The number of benzene rings is 1. The molecule has 0 amide bonds. The van der Waals surface area contributed by atoms with E-state index in [0.29, 0.717) is 29.7 Å². The van der Waals surface area contributed by atoms with Crippen molar-refractivity contribution in [3.63, 3.8) is 0 Å². The van der Waals surface area contributed by atoms with Crippen molar-refractivity contribution < 1.29 is 35.5 Å². The molecule has 36 heavy (non-hydrogen) atoms. The van der Waals surface area contributed by atoms with Crippen molar-refractivity contribution in [1.82, 2.24) is 25.0 Å². The zero-order valence-corrected chi connectivity index (χ0v) is 18.8. The highest BCUT2D eigenvalue weighted by Crippen LogP contribution is 2.40. The van der Waals surface area contributed by atoms with Gasteiger partial charge in [-0.05, 0) is 48.9 Å². The zero-order chi connectivity index (χ0) is 25.7. The molecule has 0 radical (unpaired) electrons. The summed E-state index contributed by atoms with van der Waals surface area (Å²) in [6, 6.07) is 3.43. The Morgan fingerprint density at radius 1 is 1.03 bits per heavy atom. The largest absolute Gasteiger partial charge is 0.424 e. The van der Waals surface area contributed by atoms with E-state index in [0.717, 1.165) is 37.1 Å². The zero-order valence-electron chi connectivity index (χ0n) is 18.8. The van der Waals surface area contributed by atoms with E-state index in [-0.39, 0.29) is 29.6 Å². The van der Waals surface area contributed by atoms with Crippen molar-refractivity contribution in [3.8, 4) is 11.8 Å². The molecule has 15 heteroatoms. The summed E-state index contributed by atoms with van der Waals surface area (Å²) in [6.45, 7) is 1.47. The van der Waals surface area contributed by atoms with Gasteiger partial charge in [-0.2, -0.15) is 31.3 Å². The van der Waals surface area contributed by atoms with Crippen LogP contribution in [0, 0.1) is 18.8 Å². The number of aryl methyl sites for hydroxylation is 1. The number of ether oxygens (including phenoxy) is 1. The lowest BCUT2D eigenvalue weighted by atomic mass is 9.92. The molecule has 1 aromatic carbocycles. The molecule has 9 nitrogen and oxygen atoms in total. The number of nitrogens with zero attached hydrogens (tertiary/aromatic N) is 6. The number of fused-ring (bicyclic) bond motifs is 2. The maximum Gasteiger partial charge on any atom is 0.416 e. The van der Waals surface area contributed by atoms with E-state index in [9.17, 15) is 26.3 Å². The summed E-state index contributed by atoms with van der Waals surface area (Å²) in [4.78, 5) is 6.07. The van der Waals surface area contributed by atoms with E-state index in [2.05, 4.69) is 25.6 Å². The Hall–Kier alpha value is -3.52. The fourth-order valence-corrected chi connectivity index (χ4v) is 4.73. The maximum atomic E-state index is 13.1. The minimum atomic E-state index is -4.62. The predicted octanol–water partition coefficient (Wildman–Crippen LogP) is 4.67. The second-order valence-electron chi connectivity index (χ2n) is 8.89. The molecule has 3 aromatic rings. The lowest BCUT2D eigenvalue weighted by Crippen LogP contribution is -2.48. The van der Waals surface area contributed by atoms with Gasteiger partial charge in [0, 0.05) is 26.1 Å². The Balaban J connectivity index is 1.33. The second-order valence-corrected chi connectivity index (χ2v) is 8.89. The van der Waals surface area contributed by atoms with Crippen LogP contribution in [0.3, 0.4) is 0 Å². The Morgan fingerprint density at radius 3 is 2.25 bits per heavy atom. The molecule has 1 saturated heterocycles. The van der Waals surface area contributed by atoms with Crippen LogP contribution in [-0.2, 0) is 12.7 Å². The Labute approximate surface area is 200 Å². The first-order valence-electron chi connectivity index (χ1n) is 11.1. The van der Waals surface area contributed by atoms with E-state index >= 15 is 0 Å². The van der Waals surface area contributed by atoms with Gasteiger partial charge in [-0.15, -0.1) is 10.2 Å². The van der Waals surface area contributed by atoms with Crippen molar-refractivity contribution in [2.45, 2.75) is 44.7 Å². The second kappa shape index (κ2) is 8.85. The summed E-state index contributed by atoms with van der Waals surface area (Å²) in [6.07, 6.45) is -7.38. The number of hydrogen-bond acceptors (Lipinski definition) is 8. The van der Waals surface area contributed by atoms with Crippen molar-refractivity contribution >= 4 is 12.0 Å². The molecule has 1 N–H and O–H groups in total. The third kappa shape index (κ3) is 5.18. The molecule has 2 aromatic heterocycles. The van der Waals surface area contributed by atoms with Crippen LogP contribution >= 0.6 is 0 Å². The summed E-state index contributed by atoms with van der Waals surface area (Å²) < 4.78 is 89.2. The molecule has 3 heterocycles. The number of halogens is 6. The standard InChI is InChI=1S/C21H21F6N7O2/c1-11-30-31-19(35-11)33-8-12-2-3-13(9-33)16(12)28-17-29-18(34(32-17)10-20(22,23)24)36-15-6-4-14(5-7-15)21(25,26)27/h4-7,12-13,16H,2-3,8-10H2,1H3,(H,28,32)/t12-,13+,16-. The third-order valence-electron chi connectivity index (χ3n) is 6.27. The number of anilines is 2. The van der Waals surface area contributed by atoms with Gasteiger partial charge < -0.3 is 19.4 Å². The summed E-state index contributed by atoms with van der Waals surface area (Å²) in [7, 11) is 0. The Morgan fingerprint density at radius 2 is 1.69 bits per heavy atom. The van der Waals surface area contributed by atoms with Gasteiger partial charge in [0.25, 0.3) is 0 Å². The molecule has 194 valence electrons. The van der Waals surface area contributed by atoms with Crippen molar-refractivity contribution in [1.29, 1.82) is 0 Å². The first kappa shape index (κ1) is 24.2. The molecule has 2 fully saturated rings. The first-order chi connectivity index (χ1) is 16.9. The average Bonchev–Trinajstić information content (AvgIpc) is 3.43. The molecule has 3 atom stereocenters. The molecule has 0 unspecified atom stereocenters. The van der Waals surface area contributed by atoms with Gasteiger partial charge in [0.2, 0.25) is 11.8 Å². The Bertz CT molecular complexity index is 1190. The smallest absolute Gasteiger partial charge is 0.416 e. The van der Waals surface area contributed by atoms with Gasteiger partial charge in [-0.3, -0.25) is 0 Å². The van der Waals surface area contributed by atoms with Gasteiger partial charge >= 0.3 is 24.4 Å². The monoisotopic (exact) mass is 517 g/mol. The number of aromatic nitrogens is 5. The number of nitrogens with one attached hydrogen (secondary N) is 1. The first-order valence-corrected chi connectivity index (χ1v) is 11.1. The van der Waals surface area contributed by atoms with E-state index in [4.69, 9.17) is 9.15 Å². The number of rotatable bonds is 6. The summed E-state index contributed by atoms with van der Waals surface area (Å²) in [5.41, 5.74) is -0.911. The number of hydrogen-bond donors (Lipinski definition) is 1. The fraction of sp³-hybridized carbons (Fsp3) is 0.524. The van der Waals surface area contributed by atoms with Gasteiger partial charge in [0.05, 0.1) is 5.56 Å². The van der Waals surface area contributed by atoms with E-state index in [1.807, 2.05) is 4.90 Å². The van der Waals surface area contributed by atoms with Crippen LogP contribution in [0.4, 0.5) is 38.3 Å². The fourth-order valence-electron chi connectivity index (χ4n) is 4.73. The highest BCUT2D eigenvalue weighted by atomic mass is 19.4. The summed E-state index contributed by atoms with van der Waals surface area (Å²) >= 11 is 0. The van der Waals surface area contributed by atoms with Crippen LogP contribution in [0.15, 0.2) is 28.7 Å². The minimum absolute atomic E-state index is 0.0508. The van der Waals surface area contributed by atoms with Crippen LogP contribution in [0.25, 0.3) is 0 Å². The minimum Gasteiger partial charge on any atom is -0.424 e. The van der Waals surface area contributed by atoms with Crippen LogP contribution in [-0.4, -0.2) is 50.3 Å². The molecule has 1 aliphatic carbocycles. The molecular formula is C21H21F6N7O2. The number of piperidine rings is 1. The quantitative estimate of drug-likeness (QED) is 0.472. The van der Waals surface area contributed by atoms with E-state index < -0.39 is 30.5 Å². The molecule has 0 spiro atoms. The van der Waals surface area contributed by atoms with Gasteiger partial charge in [-0.1, -0.05) is 5.10 Å². The van der Waals surface area contributed by atoms with Gasteiger partial charge in [0.1, 0.15) is 12.3 Å². The SMILES string of the molecule is Cc1nnc(N2C[C@H]3CC[C@@H](C2)[C@@H]3Nc2nc(Oc3ccc(C(F)(F)F)cc3)n(CC(F)(F)F)n2)o1. The van der Waals surface area contributed by atoms with Crippen molar-refractivity contribution in [2.24, 2.45) is 11.8 Å². The van der Waals surface area contributed by atoms with Crippen LogP contribution in [0.2, 0.25) is 0 Å². The van der Waals surface area contributed by atoms with Crippen LogP contribution in [0.1, 0.15) is 24.3 Å². The maximum absolute atomic E-state index is 13.1. The third-order valence-corrected chi connectivity index (χ3v) is 6.27. The molecular weight excluding hydrogens is 496 g/mol. The van der Waals surface area contributed by atoms with Crippen molar-refractivity contribution in [2.75, 3.05) is 23.3 Å². The topological polar surface area (TPSA) is 94.1 Å². The normalized spacial score (nSPS) is 22.2. The van der Waals surface area contributed by atoms with Crippen LogP contribution in [0.5, 0.6) is 11.8 Å². The summed E-state index contributed by atoms with van der Waals surface area (Å²) in [5.74, 6) is 0.589. The lowest BCUT2D eigenvalue weighted by molar-refractivity contribution is -0.143. The van der Waals surface area contributed by atoms with E-state index in [1.165, 1.54) is 0 Å². The van der Waals surface area contributed by atoms with Crippen molar-refractivity contribution in [3.05, 3.63) is 35.7 Å². The number of alkyl halides is 6. The van der Waals surface area contributed by atoms with Gasteiger partial charge in [0.15, 0.2) is 0 Å². The molecule has 2 bridgehead atoms. The molecule has 2 aliphatic rings. The predicted molar refractivity (Wildman–Crippen MR) is 112 cm³/mol. The molecule has 5 rings (SSSR count). The molecule has 1 aliphatic heterocycles. The highest BCUT2D eigenvalue weighted by Gasteiger charge is 2.44. The highest BCUT2D eigenvalue weighted by molar-refractivity contribution is 5.36.